The van der Waals surface area contributed by atoms with Crippen LogP contribution in [0.4, 0.5) is 0 Å². The van der Waals surface area contributed by atoms with E-state index in [0.29, 0.717) is 5.92 Å². The van der Waals surface area contributed by atoms with Crippen LogP contribution in [0.2, 0.25) is 0 Å². The van der Waals surface area contributed by atoms with Gasteiger partial charge in [-0.15, -0.1) is 0 Å². The van der Waals surface area contributed by atoms with E-state index in [1.807, 2.05) is 12.3 Å². The fourth-order valence-corrected chi connectivity index (χ4v) is 3.46. The zero-order valence-electron chi connectivity index (χ0n) is 13.5. The number of fused-ring (bicyclic) bond motifs is 1. The normalized spacial score (nSPS) is 16.0. The molecule has 2 aromatic heterocycles. The molecule has 3 aromatic rings. The topological polar surface area (TPSA) is 42.7 Å². The Morgan fingerprint density at radius 3 is 2.87 bits per heavy atom. The number of piperidine rings is 1. The van der Waals surface area contributed by atoms with Gasteiger partial charge in [0.15, 0.2) is 5.65 Å². The van der Waals surface area contributed by atoms with Crippen molar-refractivity contribution in [2.24, 2.45) is 5.92 Å². The number of nitrogens with zero attached hydrogens (tertiary/aromatic N) is 3. The van der Waals surface area contributed by atoms with Crippen LogP contribution in [-0.2, 0) is 6.54 Å². The molecule has 4 heteroatoms. The quantitative estimate of drug-likeness (QED) is 0.806. The molecule has 4 rings (SSSR count). The molecule has 1 aromatic carbocycles. The second kappa shape index (κ2) is 6.13. The molecule has 0 amide bonds. The van der Waals surface area contributed by atoms with Crippen LogP contribution in [0.15, 0.2) is 42.6 Å². The van der Waals surface area contributed by atoms with Crippen molar-refractivity contribution in [3.63, 3.8) is 0 Å². The van der Waals surface area contributed by atoms with E-state index in [1.165, 1.54) is 24.0 Å². The van der Waals surface area contributed by atoms with Crippen molar-refractivity contribution in [3.05, 3.63) is 48.2 Å². The number of hydrogen-bond acceptors (Lipinski definition) is 3. The van der Waals surface area contributed by atoms with Crippen LogP contribution in [0.25, 0.3) is 22.6 Å². The first kappa shape index (κ1) is 14.4. The molecular weight excluding hydrogens is 284 g/mol. The Bertz CT molecular complexity index is 815. The van der Waals surface area contributed by atoms with E-state index in [2.05, 4.69) is 52.1 Å². The van der Waals surface area contributed by atoms with Crippen LogP contribution in [0, 0.1) is 12.8 Å². The van der Waals surface area contributed by atoms with E-state index in [1.54, 1.807) is 0 Å². The molecule has 0 unspecified atom stereocenters. The fourth-order valence-electron chi connectivity index (χ4n) is 3.46. The summed E-state index contributed by atoms with van der Waals surface area (Å²) in [6, 6.07) is 12.6. The lowest BCUT2D eigenvalue weighted by molar-refractivity contribution is 0.337. The maximum atomic E-state index is 4.87. The van der Waals surface area contributed by atoms with Gasteiger partial charge in [-0.05, 0) is 57.0 Å². The summed E-state index contributed by atoms with van der Waals surface area (Å²) in [4.78, 5) is 9.47. The third kappa shape index (κ3) is 2.86. The number of imidazole rings is 1. The number of rotatable bonds is 3. The highest BCUT2D eigenvalue weighted by atomic mass is 15.1. The highest BCUT2D eigenvalue weighted by Gasteiger charge is 2.19. The first-order valence-electron chi connectivity index (χ1n) is 8.40. The number of aryl methyl sites for hydroxylation is 1. The average molecular weight is 306 g/mol. The van der Waals surface area contributed by atoms with Crippen molar-refractivity contribution in [3.8, 4) is 11.4 Å². The Hall–Kier alpha value is -2.20. The van der Waals surface area contributed by atoms with Crippen LogP contribution < -0.4 is 5.32 Å². The van der Waals surface area contributed by atoms with Crippen molar-refractivity contribution >= 4 is 11.2 Å². The molecule has 0 saturated carbocycles. The van der Waals surface area contributed by atoms with Crippen LogP contribution in [-0.4, -0.2) is 27.6 Å². The molecule has 1 fully saturated rings. The maximum Gasteiger partial charge on any atom is 0.160 e. The van der Waals surface area contributed by atoms with Crippen molar-refractivity contribution < 1.29 is 0 Å². The van der Waals surface area contributed by atoms with Crippen molar-refractivity contribution in [1.29, 1.82) is 0 Å². The summed E-state index contributed by atoms with van der Waals surface area (Å²) in [5.74, 6) is 1.74. The van der Waals surface area contributed by atoms with Gasteiger partial charge in [-0.2, -0.15) is 0 Å². The van der Waals surface area contributed by atoms with Crippen molar-refractivity contribution in [2.75, 3.05) is 13.1 Å². The minimum Gasteiger partial charge on any atom is -0.317 e. The molecule has 0 atom stereocenters. The number of hydrogen-bond donors (Lipinski definition) is 1. The molecule has 0 spiro atoms. The minimum atomic E-state index is 0.694. The Labute approximate surface area is 136 Å². The smallest absolute Gasteiger partial charge is 0.160 e. The van der Waals surface area contributed by atoms with Crippen LogP contribution in [0.5, 0.6) is 0 Å². The SMILES string of the molecule is Cc1cccc(-c2nc3cccnc3n2CC2CCNCC2)c1. The van der Waals surface area contributed by atoms with E-state index in [-0.39, 0.29) is 0 Å². The van der Waals surface area contributed by atoms with Gasteiger partial charge < -0.3 is 9.88 Å². The highest BCUT2D eigenvalue weighted by Crippen LogP contribution is 2.27. The van der Waals surface area contributed by atoms with Crippen LogP contribution in [0.3, 0.4) is 0 Å². The molecule has 4 nitrogen and oxygen atoms in total. The third-order valence-electron chi connectivity index (χ3n) is 4.68. The lowest BCUT2D eigenvalue weighted by atomic mass is 9.98. The van der Waals surface area contributed by atoms with Gasteiger partial charge in [-0.25, -0.2) is 9.97 Å². The van der Waals surface area contributed by atoms with E-state index in [9.17, 15) is 0 Å². The summed E-state index contributed by atoms with van der Waals surface area (Å²) in [5.41, 5.74) is 4.42. The molecule has 1 saturated heterocycles. The number of benzene rings is 1. The monoisotopic (exact) mass is 306 g/mol. The molecule has 0 bridgehead atoms. The Balaban J connectivity index is 1.80. The first-order valence-corrected chi connectivity index (χ1v) is 8.40. The Kier molecular flexibility index (Phi) is 3.83. The summed E-state index contributed by atoms with van der Waals surface area (Å²) in [6.07, 6.45) is 4.31. The summed E-state index contributed by atoms with van der Waals surface area (Å²) in [7, 11) is 0. The van der Waals surface area contributed by atoms with Gasteiger partial charge in [0.25, 0.3) is 0 Å². The van der Waals surface area contributed by atoms with E-state index in [4.69, 9.17) is 4.98 Å². The first-order chi connectivity index (χ1) is 11.3. The second-order valence-electron chi connectivity index (χ2n) is 6.46. The van der Waals surface area contributed by atoms with E-state index in [0.717, 1.165) is 36.6 Å². The molecule has 1 aliphatic heterocycles. The molecule has 118 valence electrons. The predicted octanol–water partition coefficient (Wildman–Crippen LogP) is 3.41. The van der Waals surface area contributed by atoms with Gasteiger partial charge in [-0.1, -0.05) is 23.8 Å². The zero-order valence-corrected chi connectivity index (χ0v) is 13.5. The molecule has 0 radical (unpaired) electrons. The van der Waals surface area contributed by atoms with Gasteiger partial charge in [0, 0.05) is 18.3 Å². The third-order valence-corrected chi connectivity index (χ3v) is 4.68. The van der Waals surface area contributed by atoms with Gasteiger partial charge in [0.2, 0.25) is 0 Å². The zero-order chi connectivity index (χ0) is 15.6. The van der Waals surface area contributed by atoms with Gasteiger partial charge >= 0.3 is 0 Å². The maximum absolute atomic E-state index is 4.87. The molecule has 1 N–H and O–H groups in total. The summed E-state index contributed by atoms with van der Waals surface area (Å²) in [6.45, 7) is 5.36. The summed E-state index contributed by atoms with van der Waals surface area (Å²) in [5, 5.41) is 3.44. The predicted molar refractivity (Wildman–Crippen MR) is 93.3 cm³/mol. The lowest BCUT2D eigenvalue weighted by Crippen LogP contribution is -2.30. The molecule has 0 aliphatic carbocycles. The largest absolute Gasteiger partial charge is 0.317 e. The summed E-state index contributed by atoms with van der Waals surface area (Å²) >= 11 is 0. The summed E-state index contributed by atoms with van der Waals surface area (Å²) < 4.78 is 2.32. The van der Waals surface area contributed by atoms with Crippen LogP contribution in [0.1, 0.15) is 18.4 Å². The number of aromatic nitrogens is 3. The fraction of sp³-hybridized carbons (Fsp3) is 0.368. The van der Waals surface area contributed by atoms with Gasteiger partial charge in [0.05, 0.1) is 0 Å². The molecule has 3 heterocycles. The van der Waals surface area contributed by atoms with E-state index < -0.39 is 0 Å². The molecule has 23 heavy (non-hydrogen) atoms. The van der Waals surface area contributed by atoms with Gasteiger partial charge in [-0.3, -0.25) is 0 Å². The molecular formula is C19H22N4. The van der Waals surface area contributed by atoms with Crippen LogP contribution >= 0.6 is 0 Å². The van der Waals surface area contributed by atoms with Gasteiger partial charge in [0.1, 0.15) is 11.3 Å². The standard InChI is InChI=1S/C19H22N4/c1-14-4-2-5-16(12-14)18-22-17-6-3-9-21-19(17)23(18)13-15-7-10-20-11-8-15/h2-6,9,12,15,20H,7-8,10-11,13H2,1H3. The Morgan fingerprint density at radius 1 is 1.17 bits per heavy atom. The Morgan fingerprint density at radius 2 is 2.04 bits per heavy atom. The number of nitrogens with one attached hydrogen (secondary N) is 1. The van der Waals surface area contributed by atoms with Crippen molar-refractivity contribution in [2.45, 2.75) is 26.3 Å². The van der Waals surface area contributed by atoms with Crippen molar-refractivity contribution in [1.82, 2.24) is 19.9 Å². The lowest BCUT2D eigenvalue weighted by Gasteiger charge is -2.23. The second-order valence-corrected chi connectivity index (χ2v) is 6.46. The highest BCUT2D eigenvalue weighted by molar-refractivity contribution is 5.77. The minimum absolute atomic E-state index is 0.694. The number of pyridine rings is 1. The average Bonchev–Trinajstić information content (AvgIpc) is 2.95. The van der Waals surface area contributed by atoms with E-state index >= 15 is 0 Å². The molecule has 1 aliphatic rings.